The molecule has 0 saturated heterocycles. The highest BCUT2D eigenvalue weighted by Gasteiger charge is 2.07. The first-order valence-electron chi connectivity index (χ1n) is 4.71. The maximum Gasteiger partial charge on any atom is 0.0462 e. The van der Waals surface area contributed by atoms with Crippen molar-refractivity contribution in [1.82, 2.24) is 0 Å². The summed E-state index contributed by atoms with van der Waals surface area (Å²) in [7, 11) is 0. The number of anilines is 1. The van der Waals surface area contributed by atoms with Crippen molar-refractivity contribution in [3.05, 3.63) is 40.9 Å². The molecule has 0 atom stereocenters. The molecule has 1 aliphatic heterocycles. The van der Waals surface area contributed by atoms with Gasteiger partial charge in [-0.15, -0.1) is 0 Å². The summed E-state index contributed by atoms with van der Waals surface area (Å²) in [5.74, 6) is 0. The highest BCUT2D eigenvalue weighted by molar-refractivity contribution is 5.70. The van der Waals surface area contributed by atoms with Crippen molar-refractivity contribution in [3.8, 4) is 0 Å². The van der Waals surface area contributed by atoms with Gasteiger partial charge >= 0.3 is 0 Å². The van der Waals surface area contributed by atoms with E-state index >= 15 is 0 Å². The van der Waals surface area contributed by atoms with Gasteiger partial charge in [-0.05, 0) is 35.8 Å². The van der Waals surface area contributed by atoms with Gasteiger partial charge in [-0.2, -0.15) is 0 Å². The van der Waals surface area contributed by atoms with Crippen LogP contribution in [0.3, 0.4) is 0 Å². The molecule has 1 heteroatoms. The first-order valence-corrected chi connectivity index (χ1v) is 4.71. The quantitative estimate of drug-likeness (QED) is 0.618. The lowest BCUT2D eigenvalue weighted by Gasteiger charge is -2.15. The summed E-state index contributed by atoms with van der Waals surface area (Å²) in [6.07, 6.45) is 8.91. The lowest BCUT2D eigenvalue weighted by Crippen LogP contribution is -2.32. The molecule has 0 aromatic heterocycles. The van der Waals surface area contributed by atoms with Crippen LogP contribution in [-0.4, -0.2) is 0 Å². The van der Waals surface area contributed by atoms with Gasteiger partial charge in [-0.3, -0.25) is 0 Å². The number of hydrogen-bond donors (Lipinski definition) is 1. The molecular weight excluding hydrogens is 158 g/mol. The minimum Gasteiger partial charge on any atom is -0.361 e. The van der Waals surface area contributed by atoms with Gasteiger partial charge in [0, 0.05) is 17.1 Å². The lowest BCUT2D eigenvalue weighted by atomic mass is 9.97. The van der Waals surface area contributed by atoms with Crippen molar-refractivity contribution >= 4 is 17.3 Å². The molecule has 0 radical (unpaired) electrons. The molecule has 1 nitrogen and oxygen atoms in total. The highest BCUT2D eigenvalue weighted by Crippen LogP contribution is 2.15. The molecule has 1 aliphatic carbocycles. The number of benzene rings is 1. The van der Waals surface area contributed by atoms with Gasteiger partial charge in [0.15, 0.2) is 0 Å². The SMILES string of the molecule is C1=CC2=c3c(cccc3=CCC2)N1. The Hall–Kier alpha value is -1.50. The fraction of sp³-hybridized carbons (Fsp3) is 0.167. The molecule has 1 N–H and O–H groups in total. The molecule has 0 unspecified atom stereocenters. The first kappa shape index (κ1) is 6.96. The minimum atomic E-state index is 1.18. The molecule has 2 aliphatic rings. The molecular formula is C12H11N. The summed E-state index contributed by atoms with van der Waals surface area (Å²) in [6.45, 7) is 0. The van der Waals surface area contributed by atoms with E-state index in [0.29, 0.717) is 0 Å². The predicted molar refractivity (Wildman–Crippen MR) is 55.6 cm³/mol. The third kappa shape index (κ3) is 0.934. The second-order valence-corrected chi connectivity index (χ2v) is 3.52. The second kappa shape index (κ2) is 2.49. The minimum absolute atomic E-state index is 1.18. The maximum atomic E-state index is 3.28. The van der Waals surface area contributed by atoms with Crippen LogP contribution in [0, 0.1) is 0 Å². The van der Waals surface area contributed by atoms with E-state index in [1.165, 1.54) is 34.5 Å². The van der Waals surface area contributed by atoms with Gasteiger partial charge in [0.05, 0.1) is 0 Å². The first-order chi connectivity index (χ1) is 6.45. The number of allylic oxidation sites excluding steroid dienone is 1. The number of rotatable bonds is 0. The normalized spacial score (nSPS) is 17.4. The third-order valence-electron chi connectivity index (χ3n) is 2.72. The Bertz CT molecular complexity index is 494. The second-order valence-electron chi connectivity index (χ2n) is 3.52. The third-order valence-corrected chi connectivity index (χ3v) is 2.72. The zero-order valence-corrected chi connectivity index (χ0v) is 7.38. The molecule has 0 saturated carbocycles. The van der Waals surface area contributed by atoms with E-state index in [1.807, 2.05) is 6.20 Å². The number of hydrogen-bond acceptors (Lipinski definition) is 1. The van der Waals surface area contributed by atoms with Crippen molar-refractivity contribution in [1.29, 1.82) is 0 Å². The molecule has 0 fully saturated rings. The average Bonchev–Trinajstić information content (AvgIpc) is 2.19. The van der Waals surface area contributed by atoms with Crippen molar-refractivity contribution < 1.29 is 0 Å². The van der Waals surface area contributed by atoms with Crippen LogP contribution in [-0.2, 0) is 0 Å². The van der Waals surface area contributed by atoms with Crippen molar-refractivity contribution in [3.63, 3.8) is 0 Å². The Morgan fingerprint density at radius 1 is 1.23 bits per heavy atom. The van der Waals surface area contributed by atoms with E-state index in [4.69, 9.17) is 0 Å². The summed E-state index contributed by atoms with van der Waals surface area (Å²) in [4.78, 5) is 0. The van der Waals surface area contributed by atoms with Crippen LogP contribution in [0.25, 0.3) is 11.6 Å². The average molecular weight is 169 g/mol. The van der Waals surface area contributed by atoms with Crippen LogP contribution >= 0.6 is 0 Å². The van der Waals surface area contributed by atoms with Crippen molar-refractivity contribution in [2.24, 2.45) is 0 Å². The van der Waals surface area contributed by atoms with Crippen LogP contribution in [0.4, 0.5) is 5.69 Å². The maximum absolute atomic E-state index is 3.28. The van der Waals surface area contributed by atoms with Crippen LogP contribution in [0.1, 0.15) is 12.8 Å². The lowest BCUT2D eigenvalue weighted by molar-refractivity contribution is 1.08. The van der Waals surface area contributed by atoms with Crippen molar-refractivity contribution in [2.75, 3.05) is 5.32 Å². The Morgan fingerprint density at radius 2 is 2.23 bits per heavy atom. The van der Waals surface area contributed by atoms with Gasteiger partial charge in [0.2, 0.25) is 0 Å². The zero-order valence-electron chi connectivity index (χ0n) is 7.38. The summed E-state index contributed by atoms with van der Waals surface area (Å²) in [5, 5.41) is 6.08. The van der Waals surface area contributed by atoms with Crippen LogP contribution in [0.5, 0.6) is 0 Å². The monoisotopic (exact) mass is 169 g/mol. The fourth-order valence-electron chi connectivity index (χ4n) is 2.13. The summed E-state index contributed by atoms with van der Waals surface area (Å²) >= 11 is 0. The van der Waals surface area contributed by atoms with Gasteiger partial charge in [0.1, 0.15) is 0 Å². The van der Waals surface area contributed by atoms with Gasteiger partial charge in [0.25, 0.3) is 0 Å². The van der Waals surface area contributed by atoms with Crippen LogP contribution in [0.2, 0.25) is 0 Å². The van der Waals surface area contributed by atoms with Gasteiger partial charge in [-0.1, -0.05) is 18.2 Å². The van der Waals surface area contributed by atoms with E-state index in [1.54, 1.807) is 0 Å². The highest BCUT2D eigenvalue weighted by atomic mass is 14.8. The predicted octanol–water partition coefficient (Wildman–Crippen LogP) is 1.35. The van der Waals surface area contributed by atoms with Crippen LogP contribution in [0.15, 0.2) is 30.5 Å². The Labute approximate surface area is 77.1 Å². The summed E-state index contributed by atoms with van der Waals surface area (Å²) < 4.78 is 0. The molecule has 0 spiro atoms. The van der Waals surface area contributed by atoms with E-state index in [0.717, 1.165) is 0 Å². The topological polar surface area (TPSA) is 12.0 Å². The largest absolute Gasteiger partial charge is 0.361 e. The van der Waals surface area contributed by atoms with Crippen LogP contribution < -0.4 is 15.8 Å². The smallest absolute Gasteiger partial charge is 0.0462 e. The Kier molecular flexibility index (Phi) is 1.33. The molecule has 1 heterocycles. The Balaban J connectivity index is 2.55. The van der Waals surface area contributed by atoms with Gasteiger partial charge < -0.3 is 5.32 Å². The molecule has 1 aromatic rings. The molecule has 13 heavy (non-hydrogen) atoms. The molecule has 0 amide bonds. The number of nitrogens with one attached hydrogen (secondary N) is 1. The van der Waals surface area contributed by atoms with E-state index < -0.39 is 0 Å². The van der Waals surface area contributed by atoms with E-state index in [2.05, 4.69) is 35.7 Å². The molecule has 64 valence electrons. The molecule has 3 rings (SSSR count). The van der Waals surface area contributed by atoms with Crippen molar-refractivity contribution in [2.45, 2.75) is 12.8 Å². The summed E-state index contributed by atoms with van der Waals surface area (Å²) in [5.41, 5.74) is 2.73. The van der Waals surface area contributed by atoms with E-state index in [-0.39, 0.29) is 0 Å². The summed E-state index contributed by atoms with van der Waals surface area (Å²) in [6, 6.07) is 6.44. The molecule has 1 aromatic carbocycles. The zero-order chi connectivity index (χ0) is 8.67. The fourth-order valence-corrected chi connectivity index (χ4v) is 2.13. The molecule has 0 bridgehead atoms. The van der Waals surface area contributed by atoms with Gasteiger partial charge in [-0.25, -0.2) is 0 Å². The standard InChI is InChI=1S/C12H11N/c1-3-9-5-2-6-11-12(9)10(4-1)7-8-13-11/h2-3,5-8,13H,1,4H2. The Morgan fingerprint density at radius 3 is 3.23 bits per heavy atom. The van der Waals surface area contributed by atoms with E-state index in [9.17, 15) is 0 Å².